The van der Waals surface area contributed by atoms with Gasteiger partial charge in [0.05, 0.1) is 11.2 Å². The molecule has 110 valence electrons. The summed E-state index contributed by atoms with van der Waals surface area (Å²) in [5.74, 6) is 0.295. The molecule has 0 fully saturated rings. The number of rotatable bonds is 2. The van der Waals surface area contributed by atoms with E-state index in [-0.39, 0.29) is 0 Å². The van der Waals surface area contributed by atoms with E-state index >= 15 is 0 Å². The van der Waals surface area contributed by atoms with Crippen LogP contribution < -0.4 is 5.73 Å². The average Bonchev–Trinajstić information content (AvgIpc) is 2.62. The van der Waals surface area contributed by atoms with Crippen LogP contribution in [0.15, 0.2) is 78.9 Å². The van der Waals surface area contributed by atoms with E-state index in [1.54, 1.807) is 0 Å². The number of nitrogen functional groups attached to an aromatic ring is 1. The molecule has 0 spiro atoms. The molecule has 1 aromatic heterocycles. The van der Waals surface area contributed by atoms with Gasteiger partial charge in [-0.1, -0.05) is 66.7 Å². The molecule has 0 bridgehead atoms. The van der Waals surface area contributed by atoms with Gasteiger partial charge >= 0.3 is 0 Å². The predicted octanol–water partition coefficient (Wildman–Crippen LogP) is 4.55. The molecule has 0 aliphatic rings. The Bertz CT molecular complexity index is 978. The molecule has 23 heavy (non-hydrogen) atoms. The van der Waals surface area contributed by atoms with Gasteiger partial charge in [-0.05, 0) is 23.3 Å². The lowest BCUT2D eigenvalue weighted by molar-refractivity contribution is 1.24. The highest BCUT2D eigenvalue weighted by molar-refractivity contribution is 5.93. The number of fused-ring (bicyclic) bond motifs is 1. The summed E-state index contributed by atoms with van der Waals surface area (Å²) in [5.41, 5.74) is 11.0. The van der Waals surface area contributed by atoms with Gasteiger partial charge < -0.3 is 5.73 Å². The maximum Gasteiger partial charge on any atom is 0.221 e. The van der Waals surface area contributed by atoms with Gasteiger partial charge in [0.1, 0.15) is 0 Å². The predicted molar refractivity (Wildman–Crippen MR) is 94.8 cm³/mol. The zero-order valence-electron chi connectivity index (χ0n) is 12.5. The standard InChI is InChI=1S/C20H15N3/c21-20-22-18-12-5-4-11-17(18)19(23-20)16-10-6-9-15(13-16)14-7-2-1-3-8-14/h1-13H,(H2,21,22,23). The maximum absolute atomic E-state index is 5.89. The third kappa shape index (κ3) is 2.53. The van der Waals surface area contributed by atoms with Crippen LogP contribution >= 0.6 is 0 Å². The lowest BCUT2D eigenvalue weighted by Crippen LogP contribution is -1.98. The molecule has 3 aromatic carbocycles. The molecule has 2 N–H and O–H groups in total. The van der Waals surface area contributed by atoms with Crippen molar-refractivity contribution in [1.29, 1.82) is 0 Å². The summed E-state index contributed by atoms with van der Waals surface area (Å²) < 4.78 is 0. The minimum atomic E-state index is 0.295. The van der Waals surface area contributed by atoms with Crippen LogP contribution in [0.5, 0.6) is 0 Å². The third-order valence-corrected chi connectivity index (χ3v) is 3.86. The molecule has 4 rings (SSSR count). The molecule has 0 saturated heterocycles. The maximum atomic E-state index is 5.89. The van der Waals surface area contributed by atoms with Crippen molar-refractivity contribution >= 4 is 16.9 Å². The van der Waals surface area contributed by atoms with Crippen molar-refractivity contribution in [2.24, 2.45) is 0 Å². The summed E-state index contributed by atoms with van der Waals surface area (Å²) in [6, 6.07) is 26.6. The largest absolute Gasteiger partial charge is 0.368 e. The average molecular weight is 297 g/mol. The van der Waals surface area contributed by atoms with Crippen molar-refractivity contribution in [1.82, 2.24) is 9.97 Å². The fourth-order valence-electron chi connectivity index (χ4n) is 2.79. The number of nitrogens with two attached hydrogens (primary N) is 1. The molecule has 1 heterocycles. The minimum Gasteiger partial charge on any atom is -0.368 e. The Morgan fingerprint density at radius 2 is 1.30 bits per heavy atom. The minimum absolute atomic E-state index is 0.295. The van der Waals surface area contributed by atoms with E-state index < -0.39 is 0 Å². The smallest absolute Gasteiger partial charge is 0.221 e. The summed E-state index contributed by atoms with van der Waals surface area (Å²) in [7, 11) is 0. The lowest BCUT2D eigenvalue weighted by Gasteiger charge is -2.09. The Morgan fingerprint density at radius 1 is 0.609 bits per heavy atom. The zero-order valence-corrected chi connectivity index (χ0v) is 12.5. The van der Waals surface area contributed by atoms with Crippen molar-refractivity contribution < 1.29 is 0 Å². The van der Waals surface area contributed by atoms with Crippen LogP contribution in [0, 0.1) is 0 Å². The van der Waals surface area contributed by atoms with E-state index in [1.807, 2.05) is 48.5 Å². The van der Waals surface area contributed by atoms with Crippen molar-refractivity contribution in [3.63, 3.8) is 0 Å². The zero-order chi connectivity index (χ0) is 15.6. The van der Waals surface area contributed by atoms with Crippen LogP contribution in [-0.4, -0.2) is 9.97 Å². The molecule has 0 aliphatic heterocycles. The topological polar surface area (TPSA) is 51.8 Å². The molecule has 0 atom stereocenters. The first kappa shape index (κ1) is 13.5. The van der Waals surface area contributed by atoms with Gasteiger partial charge in [-0.15, -0.1) is 0 Å². The Morgan fingerprint density at radius 3 is 2.17 bits per heavy atom. The van der Waals surface area contributed by atoms with Crippen LogP contribution in [0.4, 0.5) is 5.95 Å². The van der Waals surface area contributed by atoms with E-state index in [0.29, 0.717) is 5.95 Å². The Labute approximate surface area is 134 Å². The van der Waals surface area contributed by atoms with Crippen molar-refractivity contribution in [2.75, 3.05) is 5.73 Å². The Balaban J connectivity index is 1.92. The summed E-state index contributed by atoms with van der Waals surface area (Å²) in [4.78, 5) is 8.78. The lowest BCUT2D eigenvalue weighted by atomic mass is 10.00. The number of aromatic nitrogens is 2. The molecular formula is C20H15N3. The number of benzene rings is 3. The number of hydrogen-bond donors (Lipinski definition) is 1. The quantitative estimate of drug-likeness (QED) is 0.590. The van der Waals surface area contributed by atoms with Gasteiger partial charge in [-0.25, -0.2) is 9.97 Å². The first-order valence-electron chi connectivity index (χ1n) is 7.49. The Hall–Kier alpha value is -3.20. The highest BCUT2D eigenvalue weighted by Gasteiger charge is 2.09. The summed E-state index contributed by atoms with van der Waals surface area (Å²) in [5, 5.41) is 1.01. The van der Waals surface area contributed by atoms with Gasteiger partial charge in [0.15, 0.2) is 0 Å². The first-order chi connectivity index (χ1) is 11.3. The van der Waals surface area contributed by atoms with E-state index in [1.165, 1.54) is 5.56 Å². The van der Waals surface area contributed by atoms with Gasteiger partial charge in [0, 0.05) is 10.9 Å². The van der Waals surface area contributed by atoms with Crippen LogP contribution in [0.3, 0.4) is 0 Å². The molecular weight excluding hydrogens is 282 g/mol. The van der Waals surface area contributed by atoms with Gasteiger partial charge in [0.2, 0.25) is 5.95 Å². The monoisotopic (exact) mass is 297 g/mol. The van der Waals surface area contributed by atoms with Crippen LogP contribution in [-0.2, 0) is 0 Å². The molecule has 0 aliphatic carbocycles. The molecule has 3 heteroatoms. The molecule has 0 saturated carbocycles. The van der Waals surface area contributed by atoms with E-state index in [4.69, 9.17) is 5.73 Å². The number of nitrogens with zero attached hydrogens (tertiary/aromatic N) is 2. The van der Waals surface area contributed by atoms with Crippen molar-refractivity contribution in [3.8, 4) is 22.4 Å². The van der Waals surface area contributed by atoms with Gasteiger partial charge in [0.25, 0.3) is 0 Å². The van der Waals surface area contributed by atoms with Crippen LogP contribution in [0.2, 0.25) is 0 Å². The summed E-state index contributed by atoms with van der Waals surface area (Å²) in [6.45, 7) is 0. The van der Waals surface area contributed by atoms with Crippen molar-refractivity contribution in [3.05, 3.63) is 78.9 Å². The van der Waals surface area contributed by atoms with E-state index in [9.17, 15) is 0 Å². The highest BCUT2D eigenvalue weighted by Crippen LogP contribution is 2.30. The molecule has 0 radical (unpaired) electrons. The highest BCUT2D eigenvalue weighted by atomic mass is 15.0. The van der Waals surface area contributed by atoms with Crippen LogP contribution in [0.1, 0.15) is 0 Å². The van der Waals surface area contributed by atoms with Crippen LogP contribution in [0.25, 0.3) is 33.3 Å². The molecule has 0 amide bonds. The van der Waals surface area contributed by atoms with E-state index in [2.05, 4.69) is 40.3 Å². The SMILES string of the molecule is Nc1nc(-c2cccc(-c3ccccc3)c2)c2ccccc2n1. The fourth-order valence-corrected chi connectivity index (χ4v) is 2.79. The number of para-hydroxylation sites is 1. The van der Waals surface area contributed by atoms with Crippen molar-refractivity contribution in [2.45, 2.75) is 0 Å². The van der Waals surface area contributed by atoms with Gasteiger partial charge in [-0.3, -0.25) is 0 Å². The Kier molecular flexibility index (Phi) is 3.24. The normalized spacial score (nSPS) is 10.8. The number of anilines is 1. The van der Waals surface area contributed by atoms with Gasteiger partial charge in [-0.2, -0.15) is 0 Å². The molecule has 0 unspecified atom stereocenters. The molecule has 3 nitrogen and oxygen atoms in total. The molecule has 4 aromatic rings. The number of hydrogen-bond acceptors (Lipinski definition) is 3. The third-order valence-electron chi connectivity index (χ3n) is 3.86. The first-order valence-corrected chi connectivity index (χ1v) is 7.49. The van der Waals surface area contributed by atoms with E-state index in [0.717, 1.165) is 27.7 Å². The second-order valence-electron chi connectivity index (χ2n) is 5.39. The summed E-state index contributed by atoms with van der Waals surface area (Å²) in [6.07, 6.45) is 0. The second-order valence-corrected chi connectivity index (χ2v) is 5.39. The fraction of sp³-hybridized carbons (Fsp3) is 0. The summed E-state index contributed by atoms with van der Waals surface area (Å²) >= 11 is 0. The second kappa shape index (κ2) is 5.54.